The highest BCUT2D eigenvalue weighted by molar-refractivity contribution is 7.92. The van der Waals surface area contributed by atoms with Crippen LogP contribution in [0.5, 0.6) is 0 Å². The van der Waals surface area contributed by atoms with Crippen molar-refractivity contribution in [2.45, 2.75) is 0 Å². The van der Waals surface area contributed by atoms with E-state index in [1.807, 2.05) is 0 Å². The molecule has 7 heteroatoms. The molecule has 2 N–H and O–H groups in total. The predicted molar refractivity (Wildman–Crippen MR) is 63.2 cm³/mol. The third-order valence-corrected chi connectivity index (χ3v) is 3.60. The summed E-state index contributed by atoms with van der Waals surface area (Å²) in [5, 5.41) is 0.125. The number of halogens is 1. The number of nitrogens with two attached hydrogens (primary N) is 1. The highest BCUT2D eigenvalue weighted by atomic mass is 35.5. The quantitative estimate of drug-likeness (QED) is 0.876. The lowest BCUT2D eigenvalue weighted by atomic mass is 10.2. The van der Waals surface area contributed by atoms with E-state index in [0.717, 1.165) is 10.6 Å². The molecule has 0 aliphatic rings. The molecule has 1 aromatic rings. The van der Waals surface area contributed by atoms with Crippen LogP contribution in [0, 0.1) is 0 Å². The highest BCUT2D eigenvalue weighted by Crippen LogP contribution is 2.23. The van der Waals surface area contributed by atoms with E-state index in [1.165, 1.54) is 25.2 Å². The second-order valence-electron chi connectivity index (χ2n) is 3.26. The van der Waals surface area contributed by atoms with Crippen LogP contribution >= 0.6 is 11.6 Å². The number of carbonyl (C=O) groups is 1. The van der Waals surface area contributed by atoms with Gasteiger partial charge < -0.3 is 5.73 Å². The molecule has 0 radical (unpaired) electrons. The number of hydrogen-bond donors (Lipinski definition) is 1. The molecule has 1 amide bonds. The lowest BCUT2D eigenvalue weighted by molar-refractivity contribution is 0.100. The number of nitrogens with zero attached hydrogens (tertiary/aromatic N) is 1. The molecule has 1 aromatic carbocycles. The van der Waals surface area contributed by atoms with Crippen molar-refractivity contribution in [2.24, 2.45) is 5.73 Å². The van der Waals surface area contributed by atoms with Gasteiger partial charge in [0.15, 0.2) is 0 Å². The molecule has 0 saturated carbocycles. The van der Waals surface area contributed by atoms with E-state index in [4.69, 9.17) is 17.3 Å². The van der Waals surface area contributed by atoms with E-state index in [-0.39, 0.29) is 10.6 Å². The monoisotopic (exact) mass is 262 g/mol. The molecular weight excluding hydrogens is 252 g/mol. The van der Waals surface area contributed by atoms with Crippen molar-refractivity contribution in [3.63, 3.8) is 0 Å². The molecule has 1 rings (SSSR count). The van der Waals surface area contributed by atoms with Crippen molar-refractivity contribution in [3.8, 4) is 0 Å². The molecule has 0 fully saturated rings. The van der Waals surface area contributed by atoms with Crippen LogP contribution in [0.15, 0.2) is 18.2 Å². The average Bonchev–Trinajstić information content (AvgIpc) is 2.14. The summed E-state index contributed by atoms with van der Waals surface area (Å²) >= 11 is 5.80. The third-order valence-electron chi connectivity index (χ3n) is 2.08. The van der Waals surface area contributed by atoms with Gasteiger partial charge in [-0.2, -0.15) is 0 Å². The Hall–Kier alpha value is -1.27. The van der Waals surface area contributed by atoms with Gasteiger partial charge in [-0.15, -0.1) is 0 Å². The fourth-order valence-corrected chi connectivity index (χ4v) is 1.86. The normalized spacial score (nSPS) is 11.2. The van der Waals surface area contributed by atoms with Crippen LogP contribution in [0.25, 0.3) is 0 Å². The number of anilines is 1. The van der Waals surface area contributed by atoms with Gasteiger partial charge in [0.25, 0.3) is 0 Å². The molecule has 0 unspecified atom stereocenters. The first kappa shape index (κ1) is 12.8. The maximum Gasteiger partial charge on any atom is 0.250 e. The standard InChI is InChI=1S/C9H11ClN2O3S/c1-12(16(2,14)15)6-3-4-7(9(11)13)8(10)5-6/h3-5H,1-2H3,(H2,11,13). The zero-order valence-corrected chi connectivity index (χ0v) is 10.3. The van der Waals surface area contributed by atoms with Gasteiger partial charge in [-0.3, -0.25) is 9.10 Å². The van der Waals surface area contributed by atoms with Crippen LogP contribution in [0.4, 0.5) is 5.69 Å². The van der Waals surface area contributed by atoms with Crippen molar-refractivity contribution in [3.05, 3.63) is 28.8 Å². The molecule has 0 spiro atoms. The number of rotatable bonds is 3. The number of carbonyl (C=O) groups excluding carboxylic acids is 1. The smallest absolute Gasteiger partial charge is 0.250 e. The molecule has 0 saturated heterocycles. The first-order valence-electron chi connectivity index (χ1n) is 4.26. The Labute approximate surface area is 98.9 Å². The van der Waals surface area contributed by atoms with Gasteiger partial charge >= 0.3 is 0 Å². The lowest BCUT2D eigenvalue weighted by Crippen LogP contribution is -2.25. The summed E-state index contributed by atoms with van der Waals surface area (Å²) in [6.45, 7) is 0. The van der Waals surface area contributed by atoms with Crippen LogP contribution in [0.3, 0.4) is 0 Å². The van der Waals surface area contributed by atoms with Gasteiger partial charge in [0.1, 0.15) is 0 Å². The zero-order valence-electron chi connectivity index (χ0n) is 8.77. The van der Waals surface area contributed by atoms with E-state index in [2.05, 4.69) is 0 Å². The summed E-state index contributed by atoms with van der Waals surface area (Å²) in [5.41, 5.74) is 5.60. The number of amides is 1. The second-order valence-corrected chi connectivity index (χ2v) is 5.68. The molecule has 0 bridgehead atoms. The van der Waals surface area contributed by atoms with Crippen LogP contribution < -0.4 is 10.0 Å². The Bertz CT molecular complexity index is 528. The van der Waals surface area contributed by atoms with Crippen molar-refractivity contribution in [1.29, 1.82) is 0 Å². The Morgan fingerprint density at radius 2 is 2.00 bits per heavy atom. The Morgan fingerprint density at radius 3 is 2.38 bits per heavy atom. The summed E-state index contributed by atoms with van der Waals surface area (Å²) in [4.78, 5) is 10.9. The largest absolute Gasteiger partial charge is 0.366 e. The molecule has 88 valence electrons. The van der Waals surface area contributed by atoms with Crippen LogP contribution in [0.2, 0.25) is 5.02 Å². The molecule has 0 aliphatic carbocycles. The van der Waals surface area contributed by atoms with Gasteiger partial charge in [-0.25, -0.2) is 8.42 Å². The van der Waals surface area contributed by atoms with Crippen molar-refractivity contribution in [2.75, 3.05) is 17.6 Å². The Morgan fingerprint density at radius 1 is 1.44 bits per heavy atom. The summed E-state index contributed by atoms with van der Waals surface area (Å²) in [7, 11) is -1.95. The second kappa shape index (κ2) is 4.31. The molecular formula is C9H11ClN2O3S. The Kier molecular flexibility index (Phi) is 3.44. The zero-order chi connectivity index (χ0) is 12.5. The minimum absolute atomic E-state index is 0.125. The van der Waals surface area contributed by atoms with E-state index >= 15 is 0 Å². The fourth-order valence-electron chi connectivity index (χ4n) is 1.09. The van der Waals surface area contributed by atoms with Crippen molar-refractivity contribution in [1.82, 2.24) is 0 Å². The van der Waals surface area contributed by atoms with Gasteiger partial charge in [0, 0.05) is 7.05 Å². The van der Waals surface area contributed by atoms with Crippen molar-refractivity contribution >= 4 is 33.2 Å². The predicted octanol–water partition coefficient (Wildman–Crippen LogP) is 0.835. The average molecular weight is 263 g/mol. The lowest BCUT2D eigenvalue weighted by Gasteiger charge is -2.17. The van der Waals surface area contributed by atoms with Gasteiger partial charge in [-0.1, -0.05) is 11.6 Å². The number of hydrogen-bond acceptors (Lipinski definition) is 3. The minimum Gasteiger partial charge on any atom is -0.366 e. The molecule has 0 atom stereocenters. The summed E-state index contributed by atoms with van der Waals surface area (Å²) < 4.78 is 23.6. The molecule has 5 nitrogen and oxygen atoms in total. The SMILES string of the molecule is CN(c1ccc(C(N)=O)c(Cl)c1)S(C)(=O)=O. The maximum absolute atomic E-state index is 11.3. The summed E-state index contributed by atoms with van der Waals surface area (Å²) in [6.07, 6.45) is 1.07. The van der Waals surface area contributed by atoms with Crippen LogP contribution in [0.1, 0.15) is 10.4 Å². The van der Waals surface area contributed by atoms with E-state index < -0.39 is 15.9 Å². The number of primary amides is 1. The van der Waals surface area contributed by atoms with E-state index in [9.17, 15) is 13.2 Å². The number of sulfonamides is 1. The van der Waals surface area contributed by atoms with Gasteiger partial charge in [0.05, 0.1) is 22.5 Å². The first-order chi connectivity index (χ1) is 7.23. The molecule has 0 heterocycles. The van der Waals surface area contributed by atoms with E-state index in [1.54, 1.807) is 0 Å². The topological polar surface area (TPSA) is 80.5 Å². The first-order valence-corrected chi connectivity index (χ1v) is 6.49. The van der Waals surface area contributed by atoms with Gasteiger partial charge in [0.2, 0.25) is 15.9 Å². The maximum atomic E-state index is 11.3. The van der Waals surface area contributed by atoms with Gasteiger partial charge in [-0.05, 0) is 18.2 Å². The summed E-state index contributed by atoms with van der Waals surface area (Å²) in [5.74, 6) is -0.654. The molecule has 0 aliphatic heterocycles. The van der Waals surface area contributed by atoms with Crippen LogP contribution in [-0.2, 0) is 10.0 Å². The molecule has 16 heavy (non-hydrogen) atoms. The number of benzene rings is 1. The Balaban J connectivity index is 3.21. The highest BCUT2D eigenvalue weighted by Gasteiger charge is 2.14. The van der Waals surface area contributed by atoms with E-state index in [0.29, 0.717) is 5.69 Å². The van der Waals surface area contributed by atoms with Crippen molar-refractivity contribution < 1.29 is 13.2 Å². The minimum atomic E-state index is -3.35. The fraction of sp³-hybridized carbons (Fsp3) is 0.222. The molecule has 0 aromatic heterocycles. The van der Waals surface area contributed by atoms with Crippen LogP contribution in [-0.4, -0.2) is 27.6 Å². The third kappa shape index (κ3) is 2.65. The summed E-state index contributed by atoms with van der Waals surface area (Å²) in [6, 6.07) is 4.23.